The minimum atomic E-state index is 0.658. The van der Waals surface area contributed by atoms with Gasteiger partial charge in [0.05, 0.1) is 0 Å². The van der Waals surface area contributed by atoms with E-state index in [1.165, 1.54) is 0 Å². The summed E-state index contributed by atoms with van der Waals surface area (Å²) >= 11 is 17.8. The quantitative estimate of drug-likeness (QED) is 0.704. The second-order valence-corrected chi connectivity index (χ2v) is 4.98. The van der Waals surface area contributed by atoms with Gasteiger partial charge in [0.25, 0.3) is 0 Å². The molecule has 1 radical (unpaired) electrons. The van der Waals surface area contributed by atoms with Gasteiger partial charge in [-0.25, -0.2) is 0 Å². The first-order valence-corrected chi connectivity index (χ1v) is 6.31. The lowest BCUT2D eigenvalue weighted by molar-refractivity contribution is 1.17. The van der Waals surface area contributed by atoms with E-state index in [2.05, 4.69) is 6.42 Å². The molecule has 0 bridgehead atoms. The summed E-state index contributed by atoms with van der Waals surface area (Å²) in [6.45, 7) is 0. The summed E-state index contributed by atoms with van der Waals surface area (Å²) in [5.74, 6) is 0. The zero-order chi connectivity index (χ0) is 12.3. The van der Waals surface area contributed by atoms with Crippen LogP contribution >= 0.6 is 34.8 Å². The molecule has 0 aliphatic heterocycles. The van der Waals surface area contributed by atoms with Gasteiger partial charge in [-0.3, -0.25) is 0 Å². The van der Waals surface area contributed by atoms with Crippen LogP contribution < -0.4 is 0 Å². The van der Waals surface area contributed by atoms with Crippen molar-refractivity contribution in [3.63, 3.8) is 0 Å². The number of benzene rings is 2. The number of rotatable bonds is 3. The van der Waals surface area contributed by atoms with Crippen LogP contribution in [0.4, 0.5) is 0 Å². The first-order chi connectivity index (χ1) is 8.15. The highest BCUT2D eigenvalue weighted by molar-refractivity contribution is 6.35. The van der Waals surface area contributed by atoms with Crippen molar-refractivity contribution >= 4 is 34.8 Å². The van der Waals surface area contributed by atoms with E-state index in [4.69, 9.17) is 34.8 Å². The predicted molar refractivity (Wildman–Crippen MR) is 75.0 cm³/mol. The van der Waals surface area contributed by atoms with E-state index in [1.54, 1.807) is 6.07 Å². The smallest absolute Gasteiger partial charge is 0.0453 e. The van der Waals surface area contributed by atoms with Crippen LogP contribution in [0.2, 0.25) is 15.1 Å². The molecule has 0 atom stereocenters. The standard InChI is InChI=1S/C14H10Cl3/c15-12-6-2-10(3-7-12)1-4-11-5-8-13(16)9-14(11)17/h1-3,5-9H,4H2. The molecule has 2 rings (SSSR count). The van der Waals surface area contributed by atoms with Gasteiger partial charge in [0.2, 0.25) is 0 Å². The van der Waals surface area contributed by atoms with Crippen LogP contribution in [0.1, 0.15) is 11.1 Å². The molecule has 17 heavy (non-hydrogen) atoms. The van der Waals surface area contributed by atoms with Crippen molar-refractivity contribution in [2.24, 2.45) is 0 Å². The number of hydrogen-bond donors (Lipinski definition) is 0. The van der Waals surface area contributed by atoms with Gasteiger partial charge in [0.1, 0.15) is 0 Å². The second-order valence-electron chi connectivity index (χ2n) is 3.70. The lowest BCUT2D eigenvalue weighted by atomic mass is 10.0. The first kappa shape index (κ1) is 12.8. The molecule has 87 valence electrons. The Labute approximate surface area is 116 Å². The lowest BCUT2D eigenvalue weighted by Crippen LogP contribution is -1.89. The highest BCUT2D eigenvalue weighted by atomic mass is 35.5. The summed E-state index contributed by atoms with van der Waals surface area (Å²) in [7, 11) is 0. The van der Waals surface area contributed by atoms with Gasteiger partial charge in [-0.15, -0.1) is 0 Å². The maximum atomic E-state index is 6.10. The Bertz CT molecular complexity index is 503. The fourth-order valence-electron chi connectivity index (χ4n) is 1.51. The molecule has 0 amide bonds. The van der Waals surface area contributed by atoms with Crippen LogP contribution in [0, 0.1) is 6.42 Å². The fraction of sp³-hybridized carbons (Fsp3) is 0.0714. The predicted octanol–water partition coefficient (Wildman–Crippen LogP) is 5.44. The molecule has 0 nitrogen and oxygen atoms in total. The van der Waals surface area contributed by atoms with Gasteiger partial charge in [-0.05, 0) is 48.2 Å². The molecular formula is C14H10Cl3. The largest absolute Gasteiger partial charge is 0.0843 e. The van der Waals surface area contributed by atoms with Crippen molar-refractivity contribution in [3.8, 4) is 0 Å². The monoisotopic (exact) mass is 283 g/mol. The average molecular weight is 285 g/mol. The van der Waals surface area contributed by atoms with Crippen LogP contribution in [0.25, 0.3) is 0 Å². The molecule has 3 heteroatoms. The molecular weight excluding hydrogens is 275 g/mol. The van der Waals surface area contributed by atoms with E-state index in [0.29, 0.717) is 10.0 Å². The molecule has 0 aliphatic carbocycles. The third kappa shape index (κ3) is 3.64. The Hall–Kier alpha value is -0.690. The van der Waals surface area contributed by atoms with Crippen molar-refractivity contribution in [1.29, 1.82) is 0 Å². The van der Waals surface area contributed by atoms with Crippen molar-refractivity contribution in [2.75, 3.05) is 0 Å². The number of hydrogen-bond acceptors (Lipinski definition) is 0. The van der Waals surface area contributed by atoms with Gasteiger partial charge in [0.15, 0.2) is 0 Å². The van der Waals surface area contributed by atoms with Gasteiger partial charge in [-0.2, -0.15) is 0 Å². The van der Waals surface area contributed by atoms with E-state index in [-0.39, 0.29) is 0 Å². The lowest BCUT2D eigenvalue weighted by Gasteiger charge is -2.05. The topological polar surface area (TPSA) is 0 Å². The van der Waals surface area contributed by atoms with E-state index >= 15 is 0 Å². The van der Waals surface area contributed by atoms with Crippen LogP contribution in [-0.4, -0.2) is 0 Å². The minimum Gasteiger partial charge on any atom is -0.0843 e. The second kappa shape index (κ2) is 5.77. The molecule has 0 aliphatic rings. The summed E-state index contributed by atoms with van der Waals surface area (Å²) in [6.07, 6.45) is 2.88. The van der Waals surface area contributed by atoms with Crippen LogP contribution in [0.15, 0.2) is 42.5 Å². The minimum absolute atomic E-state index is 0.658. The number of halogens is 3. The molecule has 0 saturated carbocycles. The zero-order valence-corrected chi connectivity index (χ0v) is 11.2. The molecule has 0 N–H and O–H groups in total. The molecule has 2 aromatic rings. The molecule has 0 unspecified atom stereocenters. The Morgan fingerprint density at radius 1 is 0.824 bits per heavy atom. The Balaban J connectivity index is 2.04. The molecule has 2 aromatic carbocycles. The fourth-order valence-corrected chi connectivity index (χ4v) is 2.13. The van der Waals surface area contributed by atoms with Gasteiger partial charge in [-0.1, -0.05) is 53.0 Å². The Morgan fingerprint density at radius 3 is 2.12 bits per heavy atom. The molecule has 0 spiro atoms. The summed E-state index contributed by atoms with van der Waals surface area (Å²) in [6, 6.07) is 13.2. The van der Waals surface area contributed by atoms with E-state index < -0.39 is 0 Å². The summed E-state index contributed by atoms with van der Waals surface area (Å²) < 4.78 is 0. The average Bonchev–Trinajstić information content (AvgIpc) is 2.30. The van der Waals surface area contributed by atoms with Crippen molar-refractivity contribution < 1.29 is 0 Å². The highest BCUT2D eigenvalue weighted by Crippen LogP contribution is 2.23. The maximum Gasteiger partial charge on any atom is 0.0453 e. The third-order valence-electron chi connectivity index (χ3n) is 2.44. The molecule has 0 fully saturated rings. The first-order valence-electron chi connectivity index (χ1n) is 5.18. The molecule has 0 aromatic heterocycles. The zero-order valence-electron chi connectivity index (χ0n) is 8.96. The van der Waals surface area contributed by atoms with Crippen LogP contribution in [0.3, 0.4) is 0 Å². The SMILES string of the molecule is Clc1ccc([CH]Cc2ccc(Cl)cc2Cl)cc1. The van der Waals surface area contributed by atoms with E-state index in [0.717, 1.165) is 22.6 Å². The summed E-state index contributed by atoms with van der Waals surface area (Å²) in [5.41, 5.74) is 2.19. The molecule has 0 saturated heterocycles. The Morgan fingerprint density at radius 2 is 1.47 bits per heavy atom. The Kier molecular flexibility index (Phi) is 4.33. The summed E-state index contributed by atoms with van der Waals surface area (Å²) in [5, 5.41) is 2.10. The van der Waals surface area contributed by atoms with E-state index in [1.807, 2.05) is 36.4 Å². The van der Waals surface area contributed by atoms with E-state index in [9.17, 15) is 0 Å². The highest BCUT2D eigenvalue weighted by Gasteiger charge is 2.02. The summed E-state index contributed by atoms with van der Waals surface area (Å²) in [4.78, 5) is 0. The van der Waals surface area contributed by atoms with Gasteiger partial charge >= 0.3 is 0 Å². The van der Waals surface area contributed by atoms with Gasteiger partial charge in [0, 0.05) is 15.1 Å². The van der Waals surface area contributed by atoms with Crippen molar-refractivity contribution in [3.05, 3.63) is 75.1 Å². The van der Waals surface area contributed by atoms with Crippen LogP contribution in [0.5, 0.6) is 0 Å². The van der Waals surface area contributed by atoms with Crippen LogP contribution in [-0.2, 0) is 6.42 Å². The van der Waals surface area contributed by atoms with Gasteiger partial charge < -0.3 is 0 Å². The van der Waals surface area contributed by atoms with Crippen molar-refractivity contribution in [1.82, 2.24) is 0 Å². The normalized spacial score (nSPS) is 10.5. The molecule has 0 heterocycles. The third-order valence-corrected chi connectivity index (χ3v) is 3.28. The maximum absolute atomic E-state index is 6.10. The van der Waals surface area contributed by atoms with Crippen molar-refractivity contribution in [2.45, 2.75) is 6.42 Å².